The second-order valence-corrected chi connectivity index (χ2v) is 4.77. The van der Waals surface area contributed by atoms with Crippen LogP contribution in [0.1, 0.15) is 16.7 Å². The lowest BCUT2D eigenvalue weighted by Gasteiger charge is -2.06. The van der Waals surface area contributed by atoms with Gasteiger partial charge in [-0.25, -0.2) is 0 Å². The summed E-state index contributed by atoms with van der Waals surface area (Å²) in [5.74, 6) is -0.0407. The molecule has 2 aromatic carbocycles. The van der Waals surface area contributed by atoms with Gasteiger partial charge in [-0.1, -0.05) is 47.1 Å². The van der Waals surface area contributed by atoms with Gasteiger partial charge >= 0.3 is 0 Å². The first-order valence-electron chi connectivity index (χ1n) is 6.52. The Morgan fingerprint density at radius 3 is 2.33 bits per heavy atom. The van der Waals surface area contributed by atoms with Crippen LogP contribution >= 0.6 is 0 Å². The number of nitrogens with two attached hydrogens (primary N) is 1. The first-order chi connectivity index (χ1) is 10.1. The number of carbonyl (C=O) groups is 1. The maximum Gasteiger partial charge on any atom is 0.228 e. The molecule has 0 unspecified atom stereocenters. The van der Waals surface area contributed by atoms with Crippen molar-refractivity contribution in [3.8, 4) is 0 Å². The number of benzene rings is 2. The molecular weight excluding hydrogens is 266 g/mol. The predicted molar refractivity (Wildman–Crippen MR) is 82.5 cm³/mol. The number of aryl methyl sites for hydroxylation is 1. The predicted octanol–water partition coefficient (Wildman–Crippen LogP) is 2.27. The van der Waals surface area contributed by atoms with Gasteiger partial charge in [0.1, 0.15) is 0 Å². The summed E-state index contributed by atoms with van der Waals surface area (Å²) in [6.07, 6.45) is 0.268. The Morgan fingerprint density at radius 1 is 1.14 bits per heavy atom. The molecule has 1 amide bonds. The molecule has 0 saturated carbocycles. The molecule has 0 aliphatic heterocycles. The van der Waals surface area contributed by atoms with Gasteiger partial charge in [-0.15, -0.1) is 0 Å². The third-order valence-corrected chi connectivity index (χ3v) is 3.06. The van der Waals surface area contributed by atoms with Crippen LogP contribution in [0.5, 0.6) is 0 Å². The van der Waals surface area contributed by atoms with Gasteiger partial charge in [0, 0.05) is 11.3 Å². The molecule has 0 saturated heterocycles. The number of nitrogens with one attached hydrogen (secondary N) is 1. The molecule has 4 N–H and O–H groups in total. The zero-order valence-corrected chi connectivity index (χ0v) is 11.7. The maximum absolute atomic E-state index is 11.9. The summed E-state index contributed by atoms with van der Waals surface area (Å²) in [6, 6.07) is 14.6. The zero-order valence-electron chi connectivity index (χ0n) is 11.7. The molecule has 0 radical (unpaired) electrons. The number of anilines is 1. The molecule has 2 rings (SSSR count). The fourth-order valence-corrected chi connectivity index (χ4v) is 1.88. The molecule has 108 valence electrons. The van der Waals surface area contributed by atoms with E-state index in [4.69, 9.17) is 10.9 Å². The molecule has 0 aromatic heterocycles. The smallest absolute Gasteiger partial charge is 0.228 e. The van der Waals surface area contributed by atoms with Crippen LogP contribution in [0, 0.1) is 6.92 Å². The fourth-order valence-electron chi connectivity index (χ4n) is 1.88. The Balaban J connectivity index is 1.98. The first-order valence-corrected chi connectivity index (χ1v) is 6.52. The minimum atomic E-state index is -0.0876. The minimum absolute atomic E-state index is 0.0469. The van der Waals surface area contributed by atoms with Gasteiger partial charge in [-0.2, -0.15) is 0 Å². The molecule has 0 atom stereocenters. The summed E-state index contributed by atoms with van der Waals surface area (Å²) < 4.78 is 0. The van der Waals surface area contributed by atoms with Crippen molar-refractivity contribution in [3.05, 3.63) is 65.2 Å². The molecule has 5 heteroatoms. The molecule has 5 nitrogen and oxygen atoms in total. The van der Waals surface area contributed by atoms with E-state index in [0.29, 0.717) is 5.56 Å². The number of amidine groups is 1. The Bertz CT molecular complexity index is 646. The number of hydrogen-bond acceptors (Lipinski definition) is 3. The van der Waals surface area contributed by atoms with Crippen LogP contribution in [0.15, 0.2) is 53.7 Å². The number of carbonyl (C=O) groups excluding carboxylic acids is 1. The number of rotatable bonds is 4. The number of nitrogens with zero attached hydrogens (tertiary/aromatic N) is 1. The average molecular weight is 283 g/mol. The molecule has 0 bridgehead atoms. The van der Waals surface area contributed by atoms with Crippen molar-refractivity contribution in [3.63, 3.8) is 0 Å². The maximum atomic E-state index is 11.9. The van der Waals surface area contributed by atoms with Gasteiger partial charge in [0.25, 0.3) is 0 Å². The molecule has 0 aliphatic rings. The minimum Gasteiger partial charge on any atom is -0.409 e. The molecule has 0 aliphatic carbocycles. The van der Waals surface area contributed by atoms with E-state index in [1.807, 2.05) is 31.2 Å². The lowest BCUT2D eigenvalue weighted by molar-refractivity contribution is -0.115. The van der Waals surface area contributed by atoms with E-state index in [0.717, 1.165) is 16.8 Å². The van der Waals surface area contributed by atoms with Crippen molar-refractivity contribution in [2.24, 2.45) is 10.9 Å². The highest BCUT2D eigenvalue weighted by Crippen LogP contribution is 2.10. The highest BCUT2D eigenvalue weighted by atomic mass is 16.4. The highest BCUT2D eigenvalue weighted by molar-refractivity contribution is 5.97. The van der Waals surface area contributed by atoms with Crippen LogP contribution in [0.4, 0.5) is 5.69 Å². The zero-order chi connectivity index (χ0) is 15.2. The van der Waals surface area contributed by atoms with Gasteiger partial charge in [0.05, 0.1) is 6.42 Å². The van der Waals surface area contributed by atoms with E-state index >= 15 is 0 Å². The van der Waals surface area contributed by atoms with Crippen LogP contribution < -0.4 is 11.1 Å². The summed E-state index contributed by atoms with van der Waals surface area (Å²) >= 11 is 0. The summed E-state index contributed by atoms with van der Waals surface area (Å²) in [5, 5.41) is 14.4. The molecule has 0 spiro atoms. The normalized spacial score (nSPS) is 11.2. The van der Waals surface area contributed by atoms with Gasteiger partial charge < -0.3 is 16.3 Å². The largest absolute Gasteiger partial charge is 0.409 e. The average Bonchev–Trinajstić information content (AvgIpc) is 2.49. The first kappa shape index (κ1) is 14.6. The lowest BCUT2D eigenvalue weighted by atomic mass is 10.1. The van der Waals surface area contributed by atoms with E-state index in [-0.39, 0.29) is 18.2 Å². The van der Waals surface area contributed by atoms with Gasteiger partial charge in [-0.3, -0.25) is 4.79 Å². The highest BCUT2D eigenvalue weighted by Gasteiger charge is 2.05. The van der Waals surface area contributed by atoms with Crippen LogP contribution in [-0.2, 0) is 11.2 Å². The van der Waals surface area contributed by atoms with Crippen molar-refractivity contribution in [2.45, 2.75) is 13.3 Å². The third kappa shape index (κ3) is 4.07. The quantitative estimate of drug-likeness (QED) is 0.348. The Morgan fingerprint density at radius 2 is 1.76 bits per heavy atom. The van der Waals surface area contributed by atoms with Crippen molar-refractivity contribution >= 4 is 17.4 Å². The van der Waals surface area contributed by atoms with Gasteiger partial charge in [0.2, 0.25) is 5.91 Å². The second kappa shape index (κ2) is 6.56. The van der Waals surface area contributed by atoms with Crippen molar-refractivity contribution < 1.29 is 10.0 Å². The molecular formula is C16H17N3O2. The summed E-state index contributed by atoms with van der Waals surface area (Å²) in [6.45, 7) is 1.99. The second-order valence-electron chi connectivity index (χ2n) is 4.77. The van der Waals surface area contributed by atoms with Crippen LogP contribution in [-0.4, -0.2) is 17.0 Å². The Hall–Kier alpha value is -2.82. The van der Waals surface area contributed by atoms with Crippen molar-refractivity contribution in [1.29, 1.82) is 0 Å². The molecule has 2 aromatic rings. The third-order valence-electron chi connectivity index (χ3n) is 3.06. The Labute approximate surface area is 123 Å². The fraction of sp³-hybridized carbons (Fsp3) is 0.125. The van der Waals surface area contributed by atoms with Crippen LogP contribution in [0.3, 0.4) is 0 Å². The van der Waals surface area contributed by atoms with Gasteiger partial charge in [-0.05, 0) is 24.6 Å². The van der Waals surface area contributed by atoms with E-state index in [9.17, 15) is 4.79 Å². The van der Waals surface area contributed by atoms with E-state index in [1.165, 1.54) is 0 Å². The number of oxime groups is 1. The topological polar surface area (TPSA) is 87.7 Å². The molecule has 0 fully saturated rings. The molecule has 21 heavy (non-hydrogen) atoms. The molecule has 0 heterocycles. The van der Waals surface area contributed by atoms with Crippen LogP contribution in [0.25, 0.3) is 0 Å². The van der Waals surface area contributed by atoms with E-state index in [1.54, 1.807) is 24.3 Å². The summed E-state index contributed by atoms with van der Waals surface area (Å²) in [7, 11) is 0. The van der Waals surface area contributed by atoms with E-state index < -0.39 is 0 Å². The standard InChI is InChI=1S/C16H17N3O2/c1-11-2-8-14(9-3-11)18-15(20)10-12-4-6-13(7-5-12)16(17)19-21/h2-9,21H,10H2,1H3,(H2,17,19)(H,18,20). The van der Waals surface area contributed by atoms with Crippen LogP contribution in [0.2, 0.25) is 0 Å². The van der Waals surface area contributed by atoms with Gasteiger partial charge in [0.15, 0.2) is 5.84 Å². The monoisotopic (exact) mass is 283 g/mol. The summed E-state index contributed by atoms with van der Waals surface area (Å²) in [5.41, 5.74) is 8.87. The lowest BCUT2D eigenvalue weighted by Crippen LogP contribution is -2.15. The van der Waals surface area contributed by atoms with E-state index in [2.05, 4.69) is 10.5 Å². The van der Waals surface area contributed by atoms with Crippen molar-refractivity contribution in [2.75, 3.05) is 5.32 Å². The van der Waals surface area contributed by atoms with Crippen molar-refractivity contribution in [1.82, 2.24) is 0 Å². The number of amides is 1. The summed E-state index contributed by atoms with van der Waals surface area (Å²) in [4.78, 5) is 11.9. The number of hydrogen-bond donors (Lipinski definition) is 3. The Kier molecular flexibility index (Phi) is 4.56. The SMILES string of the molecule is Cc1ccc(NC(=O)Cc2ccc(C(N)=NO)cc2)cc1.